The maximum atomic E-state index is 14.1. The van der Waals surface area contributed by atoms with Crippen LogP contribution < -0.4 is 19.1 Å². The first-order valence-electron chi connectivity index (χ1n) is 13.6. The molecule has 3 aromatic carbocycles. The smallest absolute Gasteiger partial charge is 0.264 e. The molecule has 42 heavy (non-hydrogen) atoms. The molecule has 0 aromatic heterocycles. The Morgan fingerprint density at radius 1 is 0.929 bits per heavy atom. The van der Waals surface area contributed by atoms with E-state index in [1.54, 1.807) is 19.1 Å². The van der Waals surface area contributed by atoms with Crippen molar-refractivity contribution in [2.24, 2.45) is 0 Å². The average molecular weight is 616 g/mol. The van der Waals surface area contributed by atoms with E-state index in [9.17, 15) is 18.0 Å². The van der Waals surface area contributed by atoms with Crippen molar-refractivity contribution in [3.8, 4) is 11.5 Å². The van der Waals surface area contributed by atoms with Crippen molar-refractivity contribution >= 4 is 39.1 Å². The molecule has 3 aromatic rings. The van der Waals surface area contributed by atoms with Crippen LogP contribution in [0.3, 0.4) is 0 Å². The standard InChI is InChI=1S/C31H38ClN3O6S/c1-7-22(3)33-31(37)23(4)34(19-24-10-8-21(2)9-11-24)30(36)20-35(26-14-12-25(32)13-15-26)42(38,39)27-16-17-28(40-5)29(18-27)41-6/h8-18,22-23H,7,19-20H2,1-6H3,(H,33,37)/t22-,23+/m1/s1. The van der Waals surface area contributed by atoms with Crippen LogP contribution in [0.2, 0.25) is 5.02 Å². The molecule has 0 radical (unpaired) electrons. The van der Waals surface area contributed by atoms with E-state index in [0.29, 0.717) is 10.8 Å². The maximum Gasteiger partial charge on any atom is 0.264 e. The molecule has 2 amide bonds. The van der Waals surface area contributed by atoms with Crippen molar-refractivity contribution in [1.29, 1.82) is 0 Å². The number of carbonyl (C=O) groups excluding carboxylic acids is 2. The van der Waals surface area contributed by atoms with Crippen LogP contribution >= 0.6 is 11.6 Å². The van der Waals surface area contributed by atoms with Gasteiger partial charge in [0.25, 0.3) is 10.0 Å². The molecule has 3 rings (SSSR count). The molecule has 11 heteroatoms. The van der Waals surface area contributed by atoms with Crippen LogP contribution in [0, 0.1) is 6.92 Å². The Labute approximate surface area is 253 Å². The van der Waals surface area contributed by atoms with Crippen LogP contribution in [0.4, 0.5) is 5.69 Å². The van der Waals surface area contributed by atoms with Gasteiger partial charge in [-0.15, -0.1) is 0 Å². The highest BCUT2D eigenvalue weighted by molar-refractivity contribution is 7.92. The Bertz CT molecular complexity index is 1480. The Kier molecular flexibility index (Phi) is 11.2. The number of nitrogens with zero attached hydrogens (tertiary/aromatic N) is 2. The Hall–Kier alpha value is -3.76. The van der Waals surface area contributed by atoms with Gasteiger partial charge in [0.1, 0.15) is 12.6 Å². The Balaban J connectivity index is 2.06. The number of sulfonamides is 1. The van der Waals surface area contributed by atoms with E-state index in [-0.39, 0.29) is 34.8 Å². The summed E-state index contributed by atoms with van der Waals surface area (Å²) < 4.78 is 39.7. The van der Waals surface area contributed by atoms with E-state index in [1.165, 1.54) is 49.5 Å². The second kappa shape index (κ2) is 14.4. The molecule has 0 saturated heterocycles. The zero-order valence-corrected chi connectivity index (χ0v) is 26.3. The lowest BCUT2D eigenvalue weighted by Gasteiger charge is -2.32. The number of rotatable bonds is 13. The monoisotopic (exact) mass is 615 g/mol. The minimum atomic E-state index is -4.29. The number of hydrogen-bond donors (Lipinski definition) is 1. The van der Waals surface area contributed by atoms with E-state index in [2.05, 4.69) is 5.32 Å². The molecule has 2 atom stereocenters. The lowest BCUT2D eigenvalue weighted by molar-refractivity contribution is -0.139. The van der Waals surface area contributed by atoms with Gasteiger partial charge in [-0.05, 0) is 69.2 Å². The third kappa shape index (κ3) is 7.95. The molecular formula is C31H38ClN3O6S. The van der Waals surface area contributed by atoms with Gasteiger partial charge in [-0.1, -0.05) is 48.4 Å². The van der Waals surface area contributed by atoms with Crippen molar-refractivity contribution < 1.29 is 27.5 Å². The summed E-state index contributed by atoms with van der Waals surface area (Å²) >= 11 is 6.09. The highest BCUT2D eigenvalue weighted by Gasteiger charge is 2.33. The number of ether oxygens (including phenoxy) is 2. The first-order valence-corrected chi connectivity index (χ1v) is 15.4. The molecule has 0 aliphatic rings. The molecule has 0 bridgehead atoms. The summed E-state index contributed by atoms with van der Waals surface area (Å²) in [5.41, 5.74) is 2.08. The summed E-state index contributed by atoms with van der Waals surface area (Å²) in [5, 5.41) is 3.33. The van der Waals surface area contributed by atoms with Crippen LogP contribution in [0.1, 0.15) is 38.3 Å². The predicted molar refractivity (Wildman–Crippen MR) is 165 cm³/mol. The minimum Gasteiger partial charge on any atom is -0.493 e. The van der Waals surface area contributed by atoms with E-state index in [1.807, 2.05) is 45.0 Å². The van der Waals surface area contributed by atoms with Gasteiger partial charge >= 0.3 is 0 Å². The highest BCUT2D eigenvalue weighted by Crippen LogP contribution is 2.32. The van der Waals surface area contributed by atoms with Crippen molar-refractivity contribution in [3.63, 3.8) is 0 Å². The van der Waals surface area contributed by atoms with Crippen LogP contribution in [0.25, 0.3) is 0 Å². The van der Waals surface area contributed by atoms with Gasteiger partial charge in [0.2, 0.25) is 11.8 Å². The molecule has 0 aliphatic carbocycles. The summed E-state index contributed by atoms with van der Waals surface area (Å²) in [6.45, 7) is 6.98. The fraction of sp³-hybridized carbons (Fsp3) is 0.355. The van der Waals surface area contributed by atoms with Gasteiger partial charge in [0, 0.05) is 23.7 Å². The van der Waals surface area contributed by atoms with Crippen LogP contribution in [-0.4, -0.2) is 58.0 Å². The number of aryl methyl sites for hydroxylation is 1. The second-order valence-corrected chi connectivity index (χ2v) is 12.3. The summed E-state index contributed by atoms with van der Waals surface area (Å²) in [7, 11) is -1.44. The van der Waals surface area contributed by atoms with Crippen LogP contribution in [0.15, 0.2) is 71.6 Å². The SMILES string of the molecule is CC[C@@H](C)NC(=O)[C@H](C)N(Cc1ccc(C)cc1)C(=O)CN(c1ccc(Cl)cc1)S(=O)(=O)c1ccc(OC)c(OC)c1. The molecular weight excluding hydrogens is 578 g/mol. The molecule has 0 saturated carbocycles. The fourth-order valence-electron chi connectivity index (χ4n) is 4.18. The van der Waals surface area contributed by atoms with Gasteiger partial charge in [-0.2, -0.15) is 0 Å². The number of halogens is 1. The lowest BCUT2D eigenvalue weighted by atomic mass is 10.1. The molecule has 0 heterocycles. The van der Waals surface area contributed by atoms with Crippen molar-refractivity contribution in [2.75, 3.05) is 25.1 Å². The molecule has 9 nitrogen and oxygen atoms in total. The number of anilines is 1. The normalized spacial score (nSPS) is 12.6. The first-order chi connectivity index (χ1) is 19.9. The third-order valence-corrected chi connectivity index (χ3v) is 9.00. The highest BCUT2D eigenvalue weighted by atomic mass is 35.5. The van der Waals surface area contributed by atoms with Crippen molar-refractivity contribution in [1.82, 2.24) is 10.2 Å². The Morgan fingerprint density at radius 3 is 2.12 bits per heavy atom. The predicted octanol–water partition coefficient (Wildman–Crippen LogP) is 5.19. The molecule has 0 unspecified atom stereocenters. The number of carbonyl (C=O) groups is 2. The van der Waals surface area contributed by atoms with Crippen LogP contribution in [-0.2, 0) is 26.2 Å². The van der Waals surface area contributed by atoms with E-state index in [4.69, 9.17) is 21.1 Å². The number of amides is 2. The zero-order chi connectivity index (χ0) is 31.0. The van der Waals surface area contributed by atoms with Crippen molar-refractivity contribution in [3.05, 3.63) is 82.9 Å². The van der Waals surface area contributed by atoms with Gasteiger partial charge in [-0.25, -0.2) is 8.42 Å². The van der Waals surface area contributed by atoms with Gasteiger partial charge < -0.3 is 19.7 Å². The quantitative estimate of drug-likeness (QED) is 0.284. The molecule has 0 spiro atoms. The van der Waals surface area contributed by atoms with Crippen LogP contribution in [0.5, 0.6) is 11.5 Å². The maximum absolute atomic E-state index is 14.1. The van der Waals surface area contributed by atoms with E-state index < -0.39 is 28.5 Å². The number of hydrogen-bond acceptors (Lipinski definition) is 6. The summed E-state index contributed by atoms with van der Waals surface area (Å²) in [6.07, 6.45) is 0.721. The molecule has 0 fully saturated rings. The van der Waals surface area contributed by atoms with Crippen molar-refractivity contribution in [2.45, 2.75) is 57.6 Å². The molecule has 226 valence electrons. The van der Waals surface area contributed by atoms with Gasteiger partial charge in [0.15, 0.2) is 11.5 Å². The summed E-state index contributed by atoms with van der Waals surface area (Å²) in [6, 6.07) is 17.0. The molecule has 0 aliphatic heterocycles. The lowest BCUT2D eigenvalue weighted by Crippen LogP contribution is -2.52. The largest absolute Gasteiger partial charge is 0.493 e. The first kappa shape index (κ1) is 32.8. The summed E-state index contributed by atoms with van der Waals surface area (Å²) in [4.78, 5) is 28.5. The fourth-order valence-corrected chi connectivity index (χ4v) is 5.73. The number of methoxy groups -OCH3 is 2. The summed E-state index contributed by atoms with van der Waals surface area (Å²) in [5.74, 6) is -0.305. The average Bonchev–Trinajstić information content (AvgIpc) is 2.98. The Morgan fingerprint density at radius 2 is 1.55 bits per heavy atom. The zero-order valence-electron chi connectivity index (χ0n) is 24.8. The van der Waals surface area contributed by atoms with Gasteiger partial charge in [0.05, 0.1) is 24.8 Å². The third-order valence-electron chi connectivity index (χ3n) is 6.98. The second-order valence-electron chi connectivity index (χ2n) is 10.0. The molecule has 1 N–H and O–H groups in total. The topological polar surface area (TPSA) is 105 Å². The number of benzene rings is 3. The van der Waals surface area contributed by atoms with Gasteiger partial charge in [-0.3, -0.25) is 13.9 Å². The minimum absolute atomic E-state index is 0.0905. The van der Waals surface area contributed by atoms with E-state index >= 15 is 0 Å². The van der Waals surface area contributed by atoms with E-state index in [0.717, 1.165) is 21.9 Å². The number of nitrogens with one attached hydrogen (secondary N) is 1.